The first-order chi connectivity index (χ1) is 12.0. The van der Waals surface area contributed by atoms with Gasteiger partial charge in [-0.2, -0.15) is 0 Å². The largest absolute Gasteiger partial charge is 0.497 e. The normalized spacial score (nSPS) is 10.1. The van der Waals surface area contributed by atoms with E-state index in [4.69, 9.17) is 9.47 Å². The van der Waals surface area contributed by atoms with Gasteiger partial charge in [-0.05, 0) is 30.7 Å². The lowest BCUT2D eigenvalue weighted by Gasteiger charge is -2.22. The molecule has 6 heteroatoms. The molecule has 0 aliphatic carbocycles. The molecule has 2 rings (SSSR count). The Bertz CT molecular complexity index is 774. The van der Waals surface area contributed by atoms with Gasteiger partial charge in [-0.1, -0.05) is 18.2 Å². The van der Waals surface area contributed by atoms with Crippen LogP contribution < -0.4 is 19.7 Å². The SMILES string of the molecule is COc1ccc(OC)c(NC(=O)CN(C(C)=O)c2ccccc2C)c1. The van der Waals surface area contributed by atoms with Crippen molar-refractivity contribution in [3.63, 3.8) is 0 Å². The molecule has 0 atom stereocenters. The first-order valence-electron chi connectivity index (χ1n) is 7.82. The van der Waals surface area contributed by atoms with Crippen LogP contribution in [0, 0.1) is 6.92 Å². The summed E-state index contributed by atoms with van der Waals surface area (Å²) in [6, 6.07) is 12.6. The minimum absolute atomic E-state index is 0.0967. The van der Waals surface area contributed by atoms with Crippen molar-refractivity contribution >= 4 is 23.2 Å². The summed E-state index contributed by atoms with van der Waals surface area (Å²) in [5, 5.41) is 2.77. The van der Waals surface area contributed by atoms with Crippen LogP contribution in [0.15, 0.2) is 42.5 Å². The van der Waals surface area contributed by atoms with Crippen LogP contribution in [-0.4, -0.2) is 32.6 Å². The summed E-state index contributed by atoms with van der Waals surface area (Å²) in [7, 11) is 3.07. The number of hydrogen-bond acceptors (Lipinski definition) is 4. The van der Waals surface area contributed by atoms with Gasteiger partial charge >= 0.3 is 0 Å². The molecule has 0 unspecified atom stereocenters. The molecule has 2 amide bonds. The lowest BCUT2D eigenvalue weighted by Crippen LogP contribution is -2.37. The van der Waals surface area contributed by atoms with Crippen molar-refractivity contribution in [2.75, 3.05) is 31.0 Å². The Morgan fingerprint density at radius 2 is 1.80 bits per heavy atom. The average molecular weight is 342 g/mol. The first kappa shape index (κ1) is 18.3. The van der Waals surface area contributed by atoms with E-state index in [0.29, 0.717) is 22.9 Å². The third-order valence-corrected chi connectivity index (χ3v) is 3.77. The Kier molecular flexibility index (Phi) is 6.00. The molecular weight excluding hydrogens is 320 g/mol. The number of benzene rings is 2. The topological polar surface area (TPSA) is 67.9 Å². The third kappa shape index (κ3) is 4.50. The van der Waals surface area contributed by atoms with E-state index in [0.717, 1.165) is 5.56 Å². The summed E-state index contributed by atoms with van der Waals surface area (Å²) in [4.78, 5) is 25.9. The molecule has 0 saturated carbocycles. The van der Waals surface area contributed by atoms with Gasteiger partial charge in [0.25, 0.3) is 0 Å². The van der Waals surface area contributed by atoms with Crippen LogP contribution in [0.1, 0.15) is 12.5 Å². The van der Waals surface area contributed by atoms with Gasteiger partial charge in [0.05, 0.1) is 19.9 Å². The van der Waals surface area contributed by atoms with Crippen LogP contribution in [-0.2, 0) is 9.59 Å². The molecule has 25 heavy (non-hydrogen) atoms. The molecule has 2 aromatic rings. The van der Waals surface area contributed by atoms with E-state index in [-0.39, 0.29) is 18.4 Å². The molecule has 132 valence electrons. The number of carbonyl (C=O) groups is 2. The van der Waals surface area contributed by atoms with Crippen LogP contribution in [0.3, 0.4) is 0 Å². The van der Waals surface area contributed by atoms with Crippen molar-refractivity contribution in [3.8, 4) is 11.5 Å². The Morgan fingerprint density at radius 1 is 1.08 bits per heavy atom. The molecule has 0 aliphatic heterocycles. The summed E-state index contributed by atoms with van der Waals surface area (Å²) in [5.41, 5.74) is 2.12. The monoisotopic (exact) mass is 342 g/mol. The molecule has 0 bridgehead atoms. The minimum atomic E-state index is -0.329. The van der Waals surface area contributed by atoms with Crippen LogP contribution in [0.4, 0.5) is 11.4 Å². The number of rotatable bonds is 6. The molecule has 0 spiro atoms. The van der Waals surface area contributed by atoms with Crippen LogP contribution >= 0.6 is 0 Å². The number of hydrogen-bond donors (Lipinski definition) is 1. The second-order valence-corrected chi connectivity index (χ2v) is 5.51. The molecule has 6 nitrogen and oxygen atoms in total. The van der Waals surface area contributed by atoms with E-state index in [9.17, 15) is 9.59 Å². The number of carbonyl (C=O) groups excluding carboxylic acids is 2. The highest BCUT2D eigenvalue weighted by atomic mass is 16.5. The highest BCUT2D eigenvalue weighted by Gasteiger charge is 2.18. The second-order valence-electron chi connectivity index (χ2n) is 5.51. The lowest BCUT2D eigenvalue weighted by atomic mass is 10.2. The van der Waals surface area contributed by atoms with Gasteiger partial charge < -0.3 is 19.7 Å². The molecule has 0 aliphatic rings. The van der Waals surface area contributed by atoms with Gasteiger partial charge in [-0.25, -0.2) is 0 Å². The van der Waals surface area contributed by atoms with Gasteiger partial charge in [-0.3, -0.25) is 9.59 Å². The predicted molar refractivity (Wildman–Crippen MR) is 97.4 cm³/mol. The zero-order valence-corrected chi connectivity index (χ0v) is 14.8. The van der Waals surface area contributed by atoms with E-state index in [1.165, 1.54) is 18.9 Å². The number of aryl methyl sites for hydroxylation is 1. The third-order valence-electron chi connectivity index (χ3n) is 3.77. The van der Waals surface area contributed by atoms with E-state index >= 15 is 0 Å². The summed E-state index contributed by atoms with van der Waals surface area (Å²) in [6.07, 6.45) is 0. The molecular formula is C19H22N2O4. The maximum Gasteiger partial charge on any atom is 0.244 e. The Labute approximate surface area is 147 Å². The van der Waals surface area contributed by atoms with Crippen LogP contribution in [0.5, 0.6) is 11.5 Å². The van der Waals surface area contributed by atoms with E-state index in [2.05, 4.69) is 5.32 Å². The number of methoxy groups -OCH3 is 2. The van der Waals surface area contributed by atoms with Crippen molar-refractivity contribution in [3.05, 3.63) is 48.0 Å². The maximum absolute atomic E-state index is 12.5. The number of para-hydroxylation sites is 1. The highest BCUT2D eigenvalue weighted by molar-refractivity contribution is 6.02. The molecule has 0 aromatic heterocycles. The molecule has 1 N–H and O–H groups in total. The second kappa shape index (κ2) is 8.19. The Hall–Kier alpha value is -3.02. The zero-order chi connectivity index (χ0) is 18.4. The van der Waals surface area contributed by atoms with E-state index in [1.54, 1.807) is 25.3 Å². The van der Waals surface area contributed by atoms with Crippen molar-refractivity contribution < 1.29 is 19.1 Å². The fraction of sp³-hybridized carbons (Fsp3) is 0.263. The summed E-state index contributed by atoms with van der Waals surface area (Å²) >= 11 is 0. The van der Waals surface area contributed by atoms with Gasteiger partial charge in [0.1, 0.15) is 18.0 Å². The van der Waals surface area contributed by atoms with Gasteiger partial charge in [-0.15, -0.1) is 0 Å². The zero-order valence-electron chi connectivity index (χ0n) is 14.8. The fourth-order valence-electron chi connectivity index (χ4n) is 2.48. The number of nitrogens with zero attached hydrogens (tertiary/aromatic N) is 1. The van der Waals surface area contributed by atoms with Crippen molar-refractivity contribution in [2.45, 2.75) is 13.8 Å². The van der Waals surface area contributed by atoms with Crippen LogP contribution in [0.2, 0.25) is 0 Å². The number of anilines is 2. The first-order valence-corrected chi connectivity index (χ1v) is 7.82. The molecule has 0 saturated heterocycles. The van der Waals surface area contributed by atoms with Crippen LogP contribution in [0.25, 0.3) is 0 Å². The fourth-order valence-corrected chi connectivity index (χ4v) is 2.48. The van der Waals surface area contributed by atoms with Gasteiger partial charge in [0, 0.05) is 18.7 Å². The van der Waals surface area contributed by atoms with Crippen molar-refractivity contribution in [1.82, 2.24) is 0 Å². The smallest absolute Gasteiger partial charge is 0.244 e. The molecule has 2 aromatic carbocycles. The van der Waals surface area contributed by atoms with Crippen molar-refractivity contribution in [2.24, 2.45) is 0 Å². The number of nitrogens with one attached hydrogen (secondary N) is 1. The van der Waals surface area contributed by atoms with Crippen molar-refractivity contribution in [1.29, 1.82) is 0 Å². The molecule has 0 radical (unpaired) electrons. The average Bonchev–Trinajstić information content (AvgIpc) is 2.60. The van der Waals surface area contributed by atoms with Gasteiger partial charge in [0.2, 0.25) is 11.8 Å². The van der Waals surface area contributed by atoms with Gasteiger partial charge in [0.15, 0.2) is 0 Å². The highest BCUT2D eigenvalue weighted by Crippen LogP contribution is 2.29. The predicted octanol–water partition coefficient (Wildman–Crippen LogP) is 3.00. The minimum Gasteiger partial charge on any atom is -0.497 e. The van der Waals surface area contributed by atoms with E-state index in [1.807, 2.05) is 31.2 Å². The Balaban J connectivity index is 2.20. The van der Waals surface area contributed by atoms with E-state index < -0.39 is 0 Å². The molecule has 0 heterocycles. The Morgan fingerprint density at radius 3 is 2.40 bits per heavy atom. The molecule has 0 fully saturated rings. The lowest BCUT2D eigenvalue weighted by molar-refractivity contribution is -0.120. The number of amides is 2. The standard InChI is InChI=1S/C19H22N2O4/c1-13-7-5-6-8-17(13)21(14(2)22)12-19(23)20-16-11-15(24-3)9-10-18(16)25-4/h5-11H,12H2,1-4H3,(H,20,23). The maximum atomic E-state index is 12.5. The summed E-state index contributed by atoms with van der Waals surface area (Å²) in [5.74, 6) is 0.574. The summed E-state index contributed by atoms with van der Waals surface area (Å²) < 4.78 is 10.4. The summed E-state index contributed by atoms with van der Waals surface area (Å²) in [6.45, 7) is 3.24. The quantitative estimate of drug-likeness (QED) is 0.876. The number of ether oxygens (including phenoxy) is 2.